The van der Waals surface area contributed by atoms with Gasteiger partial charge in [-0.15, -0.1) is 0 Å². The van der Waals surface area contributed by atoms with Crippen LogP contribution in [0.1, 0.15) is 110 Å². The molecule has 0 saturated heterocycles. The summed E-state index contributed by atoms with van der Waals surface area (Å²) in [7, 11) is 0. The molecule has 5 N–H and O–H groups in total. The van der Waals surface area contributed by atoms with Crippen molar-refractivity contribution in [3.05, 3.63) is 163 Å². The molecule has 2 aromatic carbocycles. The van der Waals surface area contributed by atoms with E-state index in [1.807, 2.05) is 0 Å². The molecule has 0 unspecified atom stereocenters. The smallest absolute Gasteiger partial charge is 0.437 e. The number of pyridine rings is 4. The number of oxazole rings is 2. The summed E-state index contributed by atoms with van der Waals surface area (Å²) in [6, 6.07) is 16.8. The van der Waals surface area contributed by atoms with Crippen molar-refractivity contribution >= 4 is 74.6 Å². The summed E-state index contributed by atoms with van der Waals surface area (Å²) in [4.78, 5) is 61.5. The molecule has 0 spiro atoms. The quantitative estimate of drug-likeness (QED) is 0.0885. The molecule has 8 aromatic rings. The third-order valence-electron chi connectivity index (χ3n) is 11.0. The predicted molar refractivity (Wildman–Crippen MR) is 266 cm³/mol. The lowest BCUT2D eigenvalue weighted by Crippen LogP contribution is -2.28. The zero-order valence-corrected chi connectivity index (χ0v) is 42.5. The number of hydrogen-bond donors (Lipinski definition) is 4. The maximum absolute atomic E-state index is 13.8. The standard InChI is InChI=1S/C28H27ClF3N5O4.C23H19ClF3N5O2/c1-14-8-21(36-26(39)41-27(3,4)5)35-15(2)19(14)13-34-25(38)23-24(28(30,31)32)37-22(40-23)10-16-6-7-20-17(9-16)11-18(29)12-33-20;1-11-5-18(28)31-12(2)16(11)10-30-22(33)20-21(23(25,26)27)32-19(34-20)7-13-3-4-17-14(6-13)8-15(24)9-29-17/h6-9,11-12H,10,13H2,1-5H3,(H,34,38)(H,35,36,39);3-6,8-9H,7,10H2,1-2H3,(H2,28,31)(H,30,33). The molecule has 0 radical (unpaired) electrons. The van der Waals surface area contributed by atoms with E-state index >= 15 is 0 Å². The van der Waals surface area contributed by atoms with Gasteiger partial charge in [-0.25, -0.2) is 24.7 Å². The molecule has 6 aromatic heterocycles. The van der Waals surface area contributed by atoms with Crippen LogP contribution in [0.4, 0.5) is 42.8 Å². The number of ether oxygens (including phenoxy) is 1. The maximum atomic E-state index is 13.8. The molecule has 0 atom stereocenters. The minimum atomic E-state index is -4.92. The number of benzene rings is 2. The van der Waals surface area contributed by atoms with Crippen LogP contribution < -0.4 is 21.7 Å². The van der Waals surface area contributed by atoms with E-state index in [-0.39, 0.29) is 43.5 Å². The number of nitrogen functional groups attached to an aromatic ring is 1. The molecule has 75 heavy (non-hydrogen) atoms. The number of nitrogens with one attached hydrogen (secondary N) is 3. The van der Waals surface area contributed by atoms with Gasteiger partial charge in [0.2, 0.25) is 11.5 Å². The number of anilines is 2. The van der Waals surface area contributed by atoms with E-state index < -0.39 is 58.8 Å². The third kappa shape index (κ3) is 14.1. The second-order valence-corrected chi connectivity index (χ2v) is 19.0. The number of fused-ring (bicyclic) bond motifs is 2. The molecular formula is C51H46Cl2F6N10O6. The summed E-state index contributed by atoms with van der Waals surface area (Å²) in [5, 5.41) is 9.72. The number of aryl methyl sites for hydroxylation is 4. The van der Waals surface area contributed by atoms with Crippen molar-refractivity contribution < 1.29 is 54.3 Å². The topological polar surface area (TPSA) is 226 Å². The Hall–Kier alpha value is -7.85. The molecule has 392 valence electrons. The highest BCUT2D eigenvalue weighted by atomic mass is 35.5. The van der Waals surface area contributed by atoms with Gasteiger partial charge in [-0.2, -0.15) is 26.3 Å². The summed E-state index contributed by atoms with van der Waals surface area (Å²) in [5.41, 5.74) is 8.39. The molecule has 0 fully saturated rings. The molecule has 0 aliphatic carbocycles. The average Bonchev–Trinajstić information content (AvgIpc) is 3.93. The van der Waals surface area contributed by atoms with Gasteiger partial charge in [0.25, 0.3) is 11.8 Å². The molecule has 6 heterocycles. The second-order valence-electron chi connectivity index (χ2n) is 18.1. The Morgan fingerprint density at radius 3 is 1.48 bits per heavy atom. The molecule has 0 aliphatic heterocycles. The fourth-order valence-corrected chi connectivity index (χ4v) is 8.03. The van der Waals surface area contributed by atoms with Gasteiger partial charge in [0.05, 0.1) is 21.1 Å². The zero-order valence-electron chi connectivity index (χ0n) is 41.0. The molecule has 24 heteroatoms. The fourth-order valence-electron chi connectivity index (χ4n) is 7.70. The van der Waals surface area contributed by atoms with Crippen molar-refractivity contribution in [1.82, 2.24) is 40.5 Å². The summed E-state index contributed by atoms with van der Waals surface area (Å²) in [5.74, 6) is -3.92. The van der Waals surface area contributed by atoms with Crippen LogP contribution in [0.15, 0.2) is 81.9 Å². The summed E-state index contributed by atoms with van der Waals surface area (Å²) in [6.07, 6.45) is -7.63. The molecule has 8 rings (SSSR count). The van der Waals surface area contributed by atoms with E-state index in [4.69, 9.17) is 42.5 Å². The Bertz CT molecular complexity index is 3440. The largest absolute Gasteiger partial charge is 0.444 e. The van der Waals surface area contributed by atoms with Crippen LogP contribution >= 0.6 is 23.2 Å². The van der Waals surface area contributed by atoms with Crippen LogP contribution in [-0.4, -0.2) is 53.4 Å². The first-order valence-electron chi connectivity index (χ1n) is 22.6. The number of hydrogen-bond acceptors (Lipinski definition) is 13. The lowest BCUT2D eigenvalue weighted by Gasteiger charge is -2.20. The first-order valence-corrected chi connectivity index (χ1v) is 23.3. The van der Waals surface area contributed by atoms with Gasteiger partial charge >= 0.3 is 18.4 Å². The first-order chi connectivity index (χ1) is 35.1. The summed E-state index contributed by atoms with van der Waals surface area (Å²) in [6.45, 7) is 11.8. The van der Waals surface area contributed by atoms with Crippen molar-refractivity contribution in [3.8, 4) is 0 Å². The van der Waals surface area contributed by atoms with Crippen molar-refractivity contribution in [2.45, 2.75) is 92.4 Å². The van der Waals surface area contributed by atoms with Crippen LogP contribution in [-0.2, 0) is 43.0 Å². The Balaban J connectivity index is 0.000000222. The maximum Gasteiger partial charge on any atom is 0.437 e. The van der Waals surface area contributed by atoms with Crippen molar-refractivity contribution in [2.75, 3.05) is 11.1 Å². The molecular weight excluding hydrogens is 1030 g/mol. The molecule has 3 amide bonds. The third-order valence-corrected chi connectivity index (χ3v) is 11.4. The molecule has 0 saturated carbocycles. The zero-order chi connectivity index (χ0) is 54.7. The number of amides is 3. The number of aromatic nitrogens is 6. The van der Waals surface area contributed by atoms with Crippen molar-refractivity contribution in [1.29, 1.82) is 0 Å². The van der Waals surface area contributed by atoms with Crippen LogP contribution in [0.2, 0.25) is 10.0 Å². The van der Waals surface area contributed by atoms with Gasteiger partial charge < -0.3 is 29.9 Å². The van der Waals surface area contributed by atoms with Crippen LogP contribution in [0.25, 0.3) is 21.8 Å². The van der Waals surface area contributed by atoms with Crippen LogP contribution in [0.3, 0.4) is 0 Å². The molecule has 0 bridgehead atoms. The van der Waals surface area contributed by atoms with Crippen molar-refractivity contribution in [3.63, 3.8) is 0 Å². The Morgan fingerprint density at radius 1 is 0.627 bits per heavy atom. The Kier molecular flexibility index (Phi) is 16.1. The molecule has 0 aliphatic rings. The number of halogens is 8. The van der Waals surface area contributed by atoms with Gasteiger partial charge in [-0.3, -0.25) is 24.9 Å². The Labute approximate surface area is 433 Å². The summed E-state index contributed by atoms with van der Waals surface area (Å²) < 4.78 is 98.0. The van der Waals surface area contributed by atoms with Gasteiger partial charge in [0, 0.05) is 60.5 Å². The van der Waals surface area contributed by atoms with E-state index in [0.29, 0.717) is 76.9 Å². The highest BCUT2D eigenvalue weighted by Gasteiger charge is 2.42. The van der Waals surface area contributed by atoms with E-state index in [1.54, 1.807) is 109 Å². The highest BCUT2D eigenvalue weighted by Crippen LogP contribution is 2.34. The number of nitrogens with two attached hydrogens (primary N) is 1. The van der Waals surface area contributed by atoms with Gasteiger partial charge in [0.1, 0.15) is 17.2 Å². The monoisotopic (exact) mass is 1080 g/mol. The van der Waals surface area contributed by atoms with E-state index in [2.05, 4.69) is 45.9 Å². The summed E-state index contributed by atoms with van der Waals surface area (Å²) >= 11 is 12.0. The van der Waals surface area contributed by atoms with Crippen LogP contribution in [0.5, 0.6) is 0 Å². The Morgan fingerprint density at radius 2 is 1.07 bits per heavy atom. The number of nitrogens with zero attached hydrogens (tertiary/aromatic N) is 6. The number of alkyl halides is 6. The number of carbonyl (C=O) groups is 3. The SMILES string of the molecule is Cc1cc(N)nc(C)c1CNC(=O)c1oc(Cc2ccc3ncc(Cl)cc3c2)nc1C(F)(F)F.Cc1cc(NC(=O)OC(C)(C)C)nc(C)c1CNC(=O)c1oc(Cc2ccc3ncc(Cl)cc3c2)nc1C(F)(F)F. The fraction of sp³-hybridized carbons (Fsp3) is 0.275. The lowest BCUT2D eigenvalue weighted by molar-refractivity contribution is -0.142. The lowest BCUT2D eigenvalue weighted by atomic mass is 10.1. The van der Waals surface area contributed by atoms with E-state index in [0.717, 1.165) is 5.56 Å². The van der Waals surface area contributed by atoms with Crippen LogP contribution in [0, 0.1) is 27.7 Å². The van der Waals surface area contributed by atoms with Gasteiger partial charge in [0.15, 0.2) is 23.2 Å². The minimum absolute atomic E-state index is 0.0461. The number of carbonyl (C=O) groups excluding carboxylic acids is 3. The average molecular weight is 1080 g/mol. The minimum Gasteiger partial charge on any atom is -0.444 e. The van der Waals surface area contributed by atoms with Crippen molar-refractivity contribution in [2.24, 2.45) is 0 Å². The van der Waals surface area contributed by atoms with E-state index in [1.165, 1.54) is 12.4 Å². The normalized spacial score (nSPS) is 11.8. The second kappa shape index (κ2) is 21.9. The first kappa shape index (κ1) is 54.9. The molecule has 16 nitrogen and oxygen atoms in total. The van der Waals surface area contributed by atoms with Gasteiger partial charge in [-0.1, -0.05) is 35.3 Å². The number of rotatable bonds is 11. The predicted octanol–water partition coefficient (Wildman–Crippen LogP) is 11.8. The van der Waals surface area contributed by atoms with E-state index in [9.17, 15) is 40.7 Å². The highest BCUT2D eigenvalue weighted by molar-refractivity contribution is 6.31. The van der Waals surface area contributed by atoms with Gasteiger partial charge in [-0.05, 0) is 130 Å².